The average molecular weight is 367 g/mol. The SMILES string of the molecule is CC=CC(=O)O.CCCCC/C=C\C/C=C\CCCCCCCC(=O)O. The Morgan fingerprint density at radius 3 is 1.77 bits per heavy atom. The van der Waals surface area contributed by atoms with Crippen molar-refractivity contribution in [3.63, 3.8) is 0 Å². The third-order valence-corrected chi connectivity index (χ3v) is 3.65. The van der Waals surface area contributed by atoms with Gasteiger partial charge in [-0.2, -0.15) is 0 Å². The molecule has 0 amide bonds. The monoisotopic (exact) mass is 366 g/mol. The first-order chi connectivity index (χ1) is 12.5. The summed E-state index contributed by atoms with van der Waals surface area (Å²) in [4.78, 5) is 19.8. The molecule has 0 bridgehead atoms. The van der Waals surface area contributed by atoms with Gasteiger partial charge in [-0.1, -0.05) is 69.4 Å². The minimum atomic E-state index is -0.891. The van der Waals surface area contributed by atoms with Gasteiger partial charge in [0, 0.05) is 12.5 Å². The smallest absolute Gasteiger partial charge is 0.327 e. The summed E-state index contributed by atoms with van der Waals surface area (Å²) in [6.45, 7) is 3.90. The summed E-state index contributed by atoms with van der Waals surface area (Å²) in [5.41, 5.74) is 0. The van der Waals surface area contributed by atoms with Crippen LogP contribution in [0.25, 0.3) is 0 Å². The molecule has 26 heavy (non-hydrogen) atoms. The highest BCUT2D eigenvalue weighted by atomic mass is 16.4. The third-order valence-electron chi connectivity index (χ3n) is 3.65. The fourth-order valence-electron chi connectivity index (χ4n) is 2.23. The molecular formula is C22H38O4. The molecule has 0 fully saturated rings. The largest absolute Gasteiger partial charge is 0.481 e. The first-order valence-electron chi connectivity index (χ1n) is 9.92. The van der Waals surface area contributed by atoms with Gasteiger partial charge in [0.2, 0.25) is 0 Å². The second-order valence-electron chi connectivity index (χ2n) is 6.21. The second-order valence-corrected chi connectivity index (χ2v) is 6.21. The van der Waals surface area contributed by atoms with Crippen LogP contribution in [0.5, 0.6) is 0 Å². The summed E-state index contributed by atoms with van der Waals surface area (Å²) in [7, 11) is 0. The van der Waals surface area contributed by atoms with Crippen LogP contribution >= 0.6 is 0 Å². The summed E-state index contributed by atoms with van der Waals surface area (Å²) in [5, 5.41) is 16.3. The zero-order chi connectivity index (χ0) is 19.9. The van der Waals surface area contributed by atoms with Gasteiger partial charge in [-0.15, -0.1) is 0 Å². The lowest BCUT2D eigenvalue weighted by atomic mass is 10.1. The van der Waals surface area contributed by atoms with Gasteiger partial charge in [0.1, 0.15) is 0 Å². The highest BCUT2D eigenvalue weighted by Crippen LogP contribution is 2.08. The Morgan fingerprint density at radius 1 is 0.769 bits per heavy atom. The molecule has 0 unspecified atom stereocenters. The molecule has 0 saturated carbocycles. The van der Waals surface area contributed by atoms with Gasteiger partial charge < -0.3 is 10.2 Å². The average Bonchev–Trinajstić information content (AvgIpc) is 2.58. The lowest BCUT2D eigenvalue weighted by Crippen LogP contribution is -1.93. The predicted octanol–water partition coefficient (Wildman–Crippen LogP) is 6.53. The van der Waals surface area contributed by atoms with Crippen molar-refractivity contribution in [1.29, 1.82) is 0 Å². The first-order valence-corrected chi connectivity index (χ1v) is 9.92. The number of carbonyl (C=O) groups is 2. The lowest BCUT2D eigenvalue weighted by molar-refractivity contribution is -0.137. The van der Waals surface area contributed by atoms with E-state index in [9.17, 15) is 9.59 Å². The van der Waals surface area contributed by atoms with E-state index in [0.717, 1.165) is 31.8 Å². The molecule has 4 heteroatoms. The number of hydrogen-bond acceptors (Lipinski definition) is 2. The van der Waals surface area contributed by atoms with Crippen molar-refractivity contribution in [3.05, 3.63) is 36.5 Å². The van der Waals surface area contributed by atoms with Crippen LogP contribution in [0.4, 0.5) is 0 Å². The Hall–Kier alpha value is -1.84. The van der Waals surface area contributed by atoms with Crippen molar-refractivity contribution in [2.75, 3.05) is 0 Å². The van der Waals surface area contributed by atoms with Crippen LogP contribution in [0.1, 0.15) is 90.9 Å². The normalized spacial score (nSPS) is 11.2. The van der Waals surface area contributed by atoms with Crippen molar-refractivity contribution in [2.24, 2.45) is 0 Å². The second kappa shape index (κ2) is 23.2. The summed E-state index contributed by atoms with van der Waals surface area (Å²) in [5.74, 6) is -1.56. The van der Waals surface area contributed by atoms with Gasteiger partial charge in [-0.25, -0.2) is 4.79 Å². The maximum atomic E-state index is 10.3. The molecular weight excluding hydrogens is 328 g/mol. The van der Waals surface area contributed by atoms with Crippen LogP contribution < -0.4 is 0 Å². The van der Waals surface area contributed by atoms with Gasteiger partial charge in [0.15, 0.2) is 0 Å². The number of rotatable bonds is 15. The highest BCUT2D eigenvalue weighted by Gasteiger charge is 1.95. The molecule has 0 spiro atoms. The van der Waals surface area contributed by atoms with E-state index in [1.54, 1.807) is 6.92 Å². The fraction of sp³-hybridized carbons (Fsp3) is 0.636. The standard InChI is InChI=1S/C18H32O2.C4H6O2/c1-2-3-4-5-6-7-8-9-10-11-12-13-14-15-16-17-18(19)20;1-2-3-4(5)6/h6-7,9-10H,2-5,8,11-17H2,1H3,(H,19,20);2-3H,1H3,(H,5,6)/b7-6-,10-9-;. The number of hydrogen-bond donors (Lipinski definition) is 2. The van der Waals surface area contributed by atoms with E-state index in [0.29, 0.717) is 6.42 Å². The Kier molecular flexibility index (Phi) is 23.5. The molecule has 0 aromatic carbocycles. The van der Waals surface area contributed by atoms with Crippen LogP contribution in [-0.4, -0.2) is 22.2 Å². The van der Waals surface area contributed by atoms with E-state index in [4.69, 9.17) is 10.2 Å². The molecule has 0 saturated heterocycles. The number of unbranched alkanes of at least 4 members (excludes halogenated alkanes) is 8. The molecule has 0 aromatic rings. The summed E-state index contributed by atoms with van der Waals surface area (Å²) in [6, 6.07) is 0. The summed E-state index contributed by atoms with van der Waals surface area (Å²) >= 11 is 0. The number of allylic oxidation sites excluding steroid dienone is 5. The Bertz CT molecular complexity index is 408. The molecule has 0 aliphatic rings. The molecule has 0 aromatic heterocycles. The van der Waals surface area contributed by atoms with E-state index in [1.807, 2.05) is 0 Å². The molecule has 0 heterocycles. The van der Waals surface area contributed by atoms with E-state index in [2.05, 4.69) is 31.2 Å². The Morgan fingerprint density at radius 2 is 1.31 bits per heavy atom. The van der Waals surface area contributed by atoms with Crippen LogP contribution in [0.15, 0.2) is 36.5 Å². The molecule has 4 nitrogen and oxygen atoms in total. The summed E-state index contributed by atoms with van der Waals surface area (Å²) in [6.07, 6.45) is 24.8. The number of carboxylic acids is 2. The minimum Gasteiger partial charge on any atom is -0.481 e. The molecule has 2 N–H and O–H groups in total. The van der Waals surface area contributed by atoms with E-state index >= 15 is 0 Å². The molecule has 150 valence electrons. The molecule has 0 rings (SSSR count). The number of carboxylic acid groups (broad SMARTS) is 2. The van der Waals surface area contributed by atoms with Crippen molar-refractivity contribution in [1.82, 2.24) is 0 Å². The Balaban J connectivity index is 0. The van der Waals surface area contributed by atoms with Crippen molar-refractivity contribution in [2.45, 2.75) is 90.9 Å². The number of aliphatic carboxylic acids is 2. The molecule has 0 aliphatic carbocycles. The lowest BCUT2D eigenvalue weighted by Gasteiger charge is -1.98. The van der Waals surface area contributed by atoms with Crippen molar-refractivity contribution >= 4 is 11.9 Å². The maximum absolute atomic E-state index is 10.3. The Labute approximate surface area is 159 Å². The van der Waals surface area contributed by atoms with Crippen LogP contribution in [0, 0.1) is 0 Å². The van der Waals surface area contributed by atoms with Gasteiger partial charge in [0.25, 0.3) is 0 Å². The highest BCUT2D eigenvalue weighted by molar-refractivity contribution is 5.79. The fourth-order valence-corrected chi connectivity index (χ4v) is 2.23. The zero-order valence-corrected chi connectivity index (χ0v) is 16.7. The van der Waals surface area contributed by atoms with Crippen LogP contribution in [0.3, 0.4) is 0 Å². The van der Waals surface area contributed by atoms with E-state index < -0.39 is 11.9 Å². The van der Waals surface area contributed by atoms with Gasteiger partial charge >= 0.3 is 11.9 Å². The molecule has 0 radical (unpaired) electrons. The van der Waals surface area contributed by atoms with E-state index in [1.165, 1.54) is 51.0 Å². The van der Waals surface area contributed by atoms with Gasteiger partial charge in [-0.3, -0.25) is 4.79 Å². The van der Waals surface area contributed by atoms with Crippen molar-refractivity contribution in [3.8, 4) is 0 Å². The quantitative estimate of drug-likeness (QED) is 0.196. The van der Waals surface area contributed by atoms with Crippen LogP contribution in [0.2, 0.25) is 0 Å². The molecule has 0 aliphatic heterocycles. The minimum absolute atomic E-state index is 0.324. The third kappa shape index (κ3) is 30.1. The topological polar surface area (TPSA) is 74.6 Å². The van der Waals surface area contributed by atoms with Crippen molar-refractivity contribution < 1.29 is 19.8 Å². The van der Waals surface area contributed by atoms with E-state index in [-0.39, 0.29) is 0 Å². The maximum Gasteiger partial charge on any atom is 0.327 e. The van der Waals surface area contributed by atoms with Gasteiger partial charge in [0.05, 0.1) is 0 Å². The first kappa shape index (κ1) is 26.4. The van der Waals surface area contributed by atoms with Gasteiger partial charge in [-0.05, 0) is 45.4 Å². The predicted molar refractivity (Wildman–Crippen MR) is 109 cm³/mol. The summed E-state index contributed by atoms with van der Waals surface area (Å²) < 4.78 is 0. The zero-order valence-electron chi connectivity index (χ0n) is 16.7. The van der Waals surface area contributed by atoms with Crippen LogP contribution in [-0.2, 0) is 9.59 Å². The molecule has 0 atom stereocenters.